The molecule has 17 heavy (non-hydrogen) atoms. The van der Waals surface area contributed by atoms with Crippen LogP contribution >= 0.6 is 0 Å². The summed E-state index contributed by atoms with van der Waals surface area (Å²) in [7, 11) is 0. The molecule has 1 amide bonds. The van der Waals surface area contributed by atoms with E-state index in [-0.39, 0.29) is 5.91 Å². The average Bonchev–Trinajstić information content (AvgIpc) is 2.70. The molecule has 6 heteroatoms. The molecule has 0 N–H and O–H groups in total. The lowest BCUT2D eigenvalue weighted by molar-refractivity contribution is -0.153. The minimum Gasteiger partial charge on any atom is -0.424 e. The molecule has 1 fully saturated rings. The van der Waals surface area contributed by atoms with Crippen LogP contribution in [0, 0.1) is 6.92 Å². The van der Waals surface area contributed by atoms with Gasteiger partial charge < -0.3 is 14.1 Å². The molecule has 0 bridgehead atoms. The van der Waals surface area contributed by atoms with E-state index in [1.54, 1.807) is 17.9 Å². The number of ether oxygens (including phenoxy) is 1. The molecule has 2 rings (SSSR count). The van der Waals surface area contributed by atoms with Crippen molar-refractivity contribution in [3.05, 3.63) is 24.4 Å². The highest BCUT2D eigenvalue weighted by Crippen LogP contribution is 2.13. The van der Waals surface area contributed by atoms with Crippen LogP contribution in [0.2, 0.25) is 0 Å². The summed E-state index contributed by atoms with van der Waals surface area (Å²) in [5, 5.41) is 7.60. The number of aromatic nitrogens is 2. The minimum absolute atomic E-state index is 0.0491. The third-order valence-electron chi connectivity index (χ3n) is 2.54. The highest BCUT2D eigenvalue weighted by Gasteiger charge is 2.29. The molecule has 0 spiro atoms. The van der Waals surface area contributed by atoms with E-state index < -0.39 is 6.10 Å². The SMILES string of the molecule is C=CCC1OCCN(Cc2nnc(C)o2)C1=O. The van der Waals surface area contributed by atoms with Gasteiger partial charge in [0, 0.05) is 19.9 Å². The van der Waals surface area contributed by atoms with Crippen molar-refractivity contribution in [3.63, 3.8) is 0 Å². The van der Waals surface area contributed by atoms with Gasteiger partial charge >= 0.3 is 0 Å². The Morgan fingerprint density at radius 1 is 1.59 bits per heavy atom. The molecule has 6 nitrogen and oxygen atoms in total. The van der Waals surface area contributed by atoms with Crippen LogP contribution in [-0.4, -0.2) is 40.3 Å². The van der Waals surface area contributed by atoms with Crippen LogP contribution in [0.5, 0.6) is 0 Å². The Morgan fingerprint density at radius 3 is 3.06 bits per heavy atom. The van der Waals surface area contributed by atoms with E-state index in [0.717, 1.165) is 0 Å². The van der Waals surface area contributed by atoms with Crippen molar-refractivity contribution in [1.29, 1.82) is 0 Å². The Labute approximate surface area is 99.3 Å². The molecule has 92 valence electrons. The van der Waals surface area contributed by atoms with Crippen LogP contribution < -0.4 is 0 Å². The standard InChI is InChI=1S/C11H15N3O3/c1-3-4-9-11(15)14(5-6-16-9)7-10-13-12-8(2)17-10/h3,9H,1,4-7H2,2H3. The van der Waals surface area contributed by atoms with Crippen LogP contribution in [0.15, 0.2) is 17.1 Å². The molecular weight excluding hydrogens is 222 g/mol. The fourth-order valence-corrected chi connectivity index (χ4v) is 1.73. The van der Waals surface area contributed by atoms with Gasteiger partial charge in [-0.1, -0.05) is 6.08 Å². The molecule has 0 aromatic carbocycles. The minimum atomic E-state index is -0.426. The first-order valence-corrected chi connectivity index (χ1v) is 5.51. The van der Waals surface area contributed by atoms with Crippen molar-refractivity contribution in [2.75, 3.05) is 13.2 Å². The van der Waals surface area contributed by atoms with E-state index in [9.17, 15) is 4.79 Å². The number of carbonyl (C=O) groups excluding carboxylic acids is 1. The zero-order valence-corrected chi connectivity index (χ0v) is 9.76. The largest absolute Gasteiger partial charge is 0.424 e. The average molecular weight is 237 g/mol. The maximum Gasteiger partial charge on any atom is 0.252 e. The predicted octanol–water partition coefficient (Wildman–Crippen LogP) is 0.682. The molecule has 1 aliphatic rings. The molecule has 1 aromatic rings. The van der Waals surface area contributed by atoms with Crippen molar-refractivity contribution in [2.45, 2.75) is 26.0 Å². The van der Waals surface area contributed by atoms with Crippen LogP contribution in [0.1, 0.15) is 18.2 Å². The normalized spacial score (nSPS) is 20.6. The maximum absolute atomic E-state index is 12.0. The summed E-state index contributed by atoms with van der Waals surface area (Å²) in [5.74, 6) is 0.908. The zero-order chi connectivity index (χ0) is 12.3. The van der Waals surface area contributed by atoms with E-state index >= 15 is 0 Å². The number of nitrogens with zero attached hydrogens (tertiary/aromatic N) is 3. The summed E-state index contributed by atoms with van der Waals surface area (Å²) in [4.78, 5) is 13.7. The van der Waals surface area contributed by atoms with E-state index in [2.05, 4.69) is 16.8 Å². The molecule has 0 saturated carbocycles. The summed E-state index contributed by atoms with van der Waals surface area (Å²) in [6.07, 6.45) is 1.78. The van der Waals surface area contributed by atoms with Gasteiger partial charge in [0.15, 0.2) is 0 Å². The van der Waals surface area contributed by atoms with Crippen LogP contribution in [-0.2, 0) is 16.1 Å². The topological polar surface area (TPSA) is 68.5 Å². The highest BCUT2D eigenvalue weighted by atomic mass is 16.5. The summed E-state index contributed by atoms with van der Waals surface area (Å²) < 4.78 is 10.6. The Kier molecular flexibility index (Phi) is 3.53. The fourth-order valence-electron chi connectivity index (χ4n) is 1.73. The number of morpholine rings is 1. The van der Waals surface area contributed by atoms with Crippen LogP contribution in [0.3, 0.4) is 0 Å². The number of amides is 1. The molecule has 1 saturated heterocycles. The lowest BCUT2D eigenvalue weighted by Gasteiger charge is -2.30. The molecule has 2 heterocycles. The quantitative estimate of drug-likeness (QED) is 0.720. The smallest absolute Gasteiger partial charge is 0.252 e. The second-order valence-electron chi connectivity index (χ2n) is 3.86. The van der Waals surface area contributed by atoms with Gasteiger partial charge in [-0.2, -0.15) is 0 Å². The van der Waals surface area contributed by atoms with Crippen LogP contribution in [0.4, 0.5) is 0 Å². The predicted molar refractivity (Wildman–Crippen MR) is 59.0 cm³/mol. The lowest BCUT2D eigenvalue weighted by Crippen LogP contribution is -2.47. The number of rotatable bonds is 4. The van der Waals surface area contributed by atoms with Gasteiger partial charge in [0.2, 0.25) is 11.8 Å². The third kappa shape index (κ3) is 2.71. The number of aryl methyl sites for hydroxylation is 1. The van der Waals surface area contributed by atoms with Crippen molar-refractivity contribution in [2.24, 2.45) is 0 Å². The van der Waals surface area contributed by atoms with Crippen molar-refractivity contribution < 1.29 is 13.9 Å². The molecule has 1 aliphatic heterocycles. The van der Waals surface area contributed by atoms with Gasteiger partial charge in [0.1, 0.15) is 6.10 Å². The molecule has 1 aromatic heterocycles. The van der Waals surface area contributed by atoms with E-state index in [4.69, 9.17) is 9.15 Å². The fraction of sp³-hybridized carbons (Fsp3) is 0.545. The Morgan fingerprint density at radius 2 is 2.41 bits per heavy atom. The third-order valence-corrected chi connectivity index (χ3v) is 2.54. The van der Waals surface area contributed by atoms with Gasteiger partial charge in [-0.15, -0.1) is 16.8 Å². The van der Waals surface area contributed by atoms with Gasteiger partial charge in [-0.05, 0) is 0 Å². The molecule has 0 aliphatic carbocycles. The first-order valence-electron chi connectivity index (χ1n) is 5.51. The Bertz CT molecular complexity index is 416. The first-order chi connectivity index (χ1) is 8.20. The molecule has 1 unspecified atom stereocenters. The number of hydrogen-bond donors (Lipinski definition) is 0. The monoisotopic (exact) mass is 237 g/mol. The highest BCUT2D eigenvalue weighted by molar-refractivity contribution is 5.81. The molecule has 1 atom stereocenters. The van der Waals surface area contributed by atoms with Crippen LogP contribution in [0.25, 0.3) is 0 Å². The van der Waals surface area contributed by atoms with Gasteiger partial charge in [-0.25, -0.2) is 0 Å². The first kappa shape index (κ1) is 11.8. The van der Waals surface area contributed by atoms with Gasteiger partial charge in [0.25, 0.3) is 5.91 Å². The molecule has 0 radical (unpaired) electrons. The van der Waals surface area contributed by atoms with Crippen molar-refractivity contribution in [3.8, 4) is 0 Å². The van der Waals surface area contributed by atoms with Crippen molar-refractivity contribution >= 4 is 5.91 Å². The summed E-state index contributed by atoms with van der Waals surface area (Å²) >= 11 is 0. The van der Waals surface area contributed by atoms with E-state index in [1.807, 2.05) is 0 Å². The number of carbonyl (C=O) groups is 1. The van der Waals surface area contributed by atoms with Crippen molar-refractivity contribution in [1.82, 2.24) is 15.1 Å². The summed E-state index contributed by atoms with van der Waals surface area (Å²) in [6.45, 7) is 6.75. The van der Waals surface area contributed by atoms with Gasteiger partial charge in [-0.3, -0.25) is 4.79 Å². The maximum atomic E-state index is 12.0. The second kappa shape index (κ2) is 5.09. The zero-order valence-electron chi connectivity index (χ0n) is 9.76. The Hall–Kier alpha value is -1.69. The van der Waals surface area contributed by atoms with E-state index in [0.29, 0.717) is 37.9 Å². The van der Waals surface area contributed by atoms with E-state index in [1.165, 1.54) is 0 Å². The lowest BCUT2D eigenvalue weighted by atomic mass is 10.2. The number of hydrogen-bond acceptors (Lipinski definition) is 5. The van der Waals surface area contributed by atoms with Gasteiger partial charge in [0.05, 0.1) is 13.2 Å². The summed E-state index contributed by atoms with van der Waals surface area (Å²) in [6, 6.07) is 0. The Balaban J connectivity index is 2.00. The molecular formula is C11H15N3O3. The summed E-state index contributed by atoms with van der Waals surface area (Å²) in [5.41, 5.74) is 0. The second-order valence-corrected chi connectivity index (χ2v) is 3.86.